The van der Waals surface area contributed by atoms with E-state index >= 15 is 0 Å². The van der Waals surface area contributed by atoms with Crippen molar-refractivity contribution in [2.24, 2.45) is 0 Å². The molecule has 3 aromatic rings. The van der Waals surface area contributed by atoms with Crippen molar-refractivity contribution >= 4 is 38.9 Å². The average Bonchev–Trinajstić information content (AvgIpc) is 2.81. The van der Waals surface area contributed by atoms with Crippen LogP contribution < -0.4 is 9.62 Å². The molecule has 0 aromatic heterocycles. The van der Waals surface area contributed by atoms with Gasteiger partial charge in [0.15, 0.2) is 0 Å². The molecule has 32 heavy (non-hydrogen) atoms. The molecule has 0 saturated carbocycles. The normalized spacial score (nSPS) is 14.3. The van der Waals surface area contributed by atoms with E-state index in [1.165, 1.54) is 6.07 Å². The lowest BCUT2D eigenvalue weighted by molar-refractivity contribution is 0.0747. The van der Waals surface area contributed by atoms with Crippen LogP contribution in [-0.4, -0.2) is 45.4 Å². The first-order valence-electron chi connectivity index (χ1n) is 10.3. The average molecular weight is 470 g/mol. The fourth-order valence-corrected chi connectivity index (χ4v) is 4.91. The first-order valence-corrected chi connectivity index (χ1v) is 12.2. The Morgan fingerprint density at radius 3 is 2.22 bits per heavy atom. The lowest BCUT2D eigenvalue weighted by Gasteiger charge is -2.36. The van der Waals surface area contributed by atoms with E-state index in [1.807, 2.05) is 25.1 Å². The molecule has 0 bridgehead atoms. The van der Waals surface area contributed by atoms with Crippen LogP contribution in [0.2, 0.25) is 5.02 Å². The second-order valence-corrected chi connectivity index (χ2v) is 9.82. The van der Waals surface area contributed by atoms with E-state index in [4.69, 9.17) is 11.6 Å². The number of sulfonamides is 1. The summed E-state index contributed by atoms with van der Waals surface area (Å²) in [5.74, 6) is -0.209. The Morgan fingerprint density at radius 2 is 1.56 bits per heavy atom. The van der Waals surface area contributed by atoms with Crippen LogP contribution in [0, 0.1) is 6.92 Å². The number of rotatable bonds is 5. The second-order valence-electron chi connectivity index (χ2n) is 7.73. The zero-order valence-electron chi connectivity index (χ0n) is 17.7. The molecule has 0 aliphatic carbocycles. The molecule has 1 amide bonds. The summed E-state index contributed by atoms with van der Waals surface area (Å²) in [6.07, 6.45) is 0. The molecule has 0 radical (unpaired) electrons. The van der Waals surface area contributed by atoms with Gasteiger partial charge in [-0.25, -0.2) is 8.42 Å². The number of piperazine rings is 1. The molecule has 1 aliphatic heterocycles. The van der Waals surface area contributed by atoms with Crippen molar-refractivity contribution in [3.8, 4) is 0 Å². The van der Waals surface area contributed by atoms with E-state index in [0.29, 0.717) is 36.9 Å². The second kappa shape index (κ2) is 9.22. The van der Waals surface area contributed by atoms with Gasteiger partial charge in [-0.1, -0.05) is 47.5 Å². The quantitative estimate of drug-likeness (QED) is 0.600. The number of halogens is 1. The summed E-state index contributed by atoms with van der Waals surface area (Å²) in [5, 5.41) is 0.291. The Balaban J connectivity index is 1.48. The fourth-order valence-electron chi connectivity index (χ4n) is 3.66. The van der Waals surface area contributed by atoms with Gasteiger partial charge in [0.2, 0.25) is 0 Å². The van der Waals surface area contributed by atoms with Crippen molar-refractivity contribution in [3.05, 3.63) is 88.9 Å². The van der Waals surface area contributed by atoms with Crippen LogP contribution in [0.25, 0.3) is 0 Å². The third kappa shape index (κ3) is 4.89. The molecule has 1 N–H and O–H groups in total. The number of carbonyl (C=O) groups is 1. The lowest BCUT2D eigenvalue weighted by atomic mass is 10.1. The Hall–Kier alpha value is -3.03. The van der Waals surface area contributed by atoms with Gasteiger partial charge >= 0.3 is 0 Å². The molecule has 1 fully saturated rings. The Labute approximate surface area is 193 Å². The van der Waals surface area contributed by atoms with E-state index in [-0.39, 0.29) is 16.4 Å². The van der Waals surface area contributed by atoms with Crippen LogP contribution in [-0.2, 0) is 10.0 Å². The van der Waals surface area contributed by atoms with Crippen molar-refractivity contribution in [1.82, 2.24) is 4.90 Å². The van der Waals surface area contributed by atoms with Crippen LogP contribution in [0.15, 0.2) is 77.7 Å². The lowest BCUT2D eigenvalue weighted by Crippen LogP contribution is -2.48. The van der Waals surface area contributed by atoms with Gasteiger partial charge < -0.3 is 9.80 Å². The van der Waals surface area contributed by atoms with Crippen LogP contribution in [0.5, 0.6) is 0 Å². The van der Waals surface area contributed by atoms with E-state index in [2.05, 4.69) is 21.8 Å². The number of hydrogen-bond acceptors (Lipinski definition) is 4. The molecule has 166 valence electrons. The summed E-state index contributed by atoms with van der Waals surface area (Å²) in [5.41, 5.74) is 2.67. The van der Waals surface area contributed by atoms with Crippen molar-refractivity contribution in [2.75, 3.05) is 35.8 Å². The predicted octanol–water partition coefficient (Wildman–Crippen LogP) is 4.41. The Kier molecular flexibility index (Phi) is 6.39. The maximum Gasteiger partial charge on any atom is 0.261 e. The maximum absolute atomic E-state index is 13.1. The molecule has 1 heterocycles. The minimum absolute atomic E-state index is 0.156. The van der Waals surface area contributed by atoms with Gasteiger partial charge in [-0.05, 0) is 49.4 Å². The highest BCUT2D eigenvalue weighted by Gasteiger charge is 2.24. The van der Waals surface area contributed by atoms with Gasteiger partial charge in [0.1, 0.15) is 0 Å². The molecule has 0 atom stereocenters. The van der Waals surface area contributed by atoms with Gasteiger partial charge in [-0.3, -0.25) is 9.52 Å². The van der Waals surface area contributed by atoms with Crippen molar-refractivity contribution in [1.29, 1.82) is 0 Å². The monoisotopic (exact) mass is 469 g/mol. The molecule has 1 aliphatic rings. The largest absolute Gasteiger partial charge is 0.368 e. The smallest absolute Gasteiger partial charge is 0.261 e. The van der Waals surface area contributed by atoms with Crippen LogP contribution >= 0.6 is 11.6 Å². The first-order chi connectivity index (χ1) is 15.3. The highest BCUT2D eigenvalue weighted by molar-refractivity contribution is 7.92. The van der Waals surface area contributed by atoms with Crippen molar-refractivity contribution < 1.29 is 13.2 Å². The highest BCUT2D eigenvalue weighted by Crippen LogP contribution is 2.25. The van der Waals surface area contributed by atoms with Crippen molar-refractivity contribution in [3.63, 3.8) is 0 Å². The molecular weight excluding hydrogens is 446 g/mol. The zero-order chi connectivity index (χ0) is 22.7. The van der Waals surface area contributed by atoms with Gasteiger partial charge in [0.05, 0.1) is 15.5 Å². The van der Waals surface area contributed by atoms with Gasteiger partial charge in [0.25, 0.3) is 15.9 Å². The van der Waals surface area contributed by atoms with Gasteiger partial charge in [-0.15, -0.1) is 0 Å². The number of benzene rings is 3. The van der Waals surface area contributed by atoms with E-state index in [9.17, 15) is 13.2 Å². The van der Waals surface area contributed by atoms with E-state index in [1.54, 1.807) is 41.3 Å². The molecular formula is C24H24ClN3O3S. The molecule has 0 spiro atoms. The molecule has 0 unspecified atom stereocenters. The number of anilines is 2. The topological polar surface area (TPSA) is 69.7 Å². The molecule has 6 nitrogen and oxygen atoms in total. The van der Waals surface area contributed by atoms with Gasteiger partial charge in [0, 0.05) is 37.6 Å². The van der Waals surface area contributed by atoms with Crippen LogP contribution in [0.4, 0.5) is 11.4 Å². The molecule has 8 heteroatoms. The SMILES string of the molecule is Cc1ccc(S(=O)(=O)Nc2ccc(Cl)c(C(=O)N3CCN(c4ccccc4)CC3)c2)cc1. The van der Waals surface area contributed by atoms with Crippen molar-refractivity contribution in [2.45, 2.75) is 11.8 Å². The number of aryl methyl sites for hydroxylation is 1. The third-order valence-electron chi connectivity index (χ3n) is 5.47. The van der Waals surface area contributed by atoms with Crippen LogP contribution in [0.3, 0.4) is 0 Å². The zero-order valence-corrected chi connectivity index (χ0v) is 19.2. The summed E-state index contributed by atoms with van der Waals surface area (Å²) >= 11 is 6.31. The van der Waals surface area contributed by atoms with Gasteiger partial charge in [-0.2, -0.15) is 0 Å². The number of hydrogen-bond donors (Lipinski definition) is 1. The summed E-state index contributed by atoms with van der Waals surface area (Å²) in [6.45, 7) is 4.44. The summed E-state index contributed by atoms with van der Waals surface area (Å²) < 4.78 is 28.0. The first kappa shape index (κ1) is 22.2. The van der Waals surface area contributed by atoms with Crippen LogP contribution in [0.1, 0.15) is 15.9 Å². The molecule has 1 saturated heterocycles. The fraction of sp³-hybridized carbons (Fsp3) is 0.208. The number of carbonyl (C=O) groups excluding carboxylic acids is 1. The summed E-state index contributed by atoms with van der Waals surface area (Å²) in [4.78, 5) is 17.3. The van der Waals surface area contributed by atoms with E-state index in [0.717, 1.165) is 11.3 Å². The third-order valence-corrected chi connectivity index (χ3v) is 7.20. The maximum atomic E-state index is 13.1. The predicted molar refractivity (Wildman–Crippen MR) is 128 cm³/mol. The molecule has 4 rings (SSSR count). The standard InChI is InChI=1S/C24H24ClN3O3S/c1-18-7-10-21(11-8-18)32(30,31)26-19-9-12-23(25)22(17-19)24(29)28-15-13-27(14-16-28)20-5-3-2-4-6-20/h2-12,17,26H,13-16H2,1H3. The minimum atomic E-state index is -3.77. The van der Waals surface area contributed by atoms with E-state index < -0.39 is 10.0 Å². The molecule has 3 aromatic carbocycles. The number of nitrogens with one attached hydrogen (secondary N) is 1. The summed E-state index contributed by atoms with van der Waals surface area (Å²) in [7, 11) is -3.77. The number of amides is 1. The Morgan fingerprint density at radius 1 is 0.906 bits per heavy atom. The highest BCUT2D eigenvalue weighted by atomic mass is 35.5. The minimum Gasteiger partial charge on any atom is -0.368 e. The number of nitrogens with zero attached hydrogens (tertiary/aromatic N) is 2. The Bertz CT molecular complexity index is 1210. The number of para-hydroxylation sites is 1. The summed E-state index contributed by atoms with van der Waals surface area (Å²) in [6, 6.07) is 21.2.